The predicted molar refractivity (Wildman–Crippen MR) is 115 cm³/mol. The van der Waals surface area contributed by atoms with Gasteiger partial charge in [-0.15, -0.1) is 0 Å². The molecule has 3 aromatic carbocycles. The summed E-state index contributed by atoms with van der Waals surface area (Å²) in [6.45, 7) is 0. The van der Waals surface area contributed by atoms with Gasteiger partial charge in [0.25, 0.3) is 0 Å². The van der Waals surface area contributed by atoms with Crippen molar-refractivity contribution in [3.8, 4) is 0 Å². The Kier molecular flexibility index (Phi) is 6.26. The highest BCUT2D eigenvalue weighted by atomic mass is 19.4. The summed E-state index contributed by atoms with van der Waals surface area (Å²) < 4.78 is 171. The molecular formula is C26H7F11O6. The summed E-state index contributed by atoms with van der Waals surface area (Å²) in [5.74, 6) is -10.9. The number of hydrogen-bond donors (Lipinski definition) is 0. The van der Waals surface area contributed by atoms with E-state index in [2.05, 4.69) is 9.47 Å². The lowest BCUT2D eigenvalue weighted by atomic mass is 9.64. The van der Waals surface area contributed by atoms with Crippen LogP contribution in [0.15, 0.2) is 42.5 Å². The van der Waals surface area contributed by atoms with E-state index in [0.29, 0.717) is 0 Å². The standard InChI is InChI=1S/C26H7F11O6/c27-8-1-2-13(18(28)3-8)23(26(35,36)37,14-4-9-11(21(40)42-19(9)38)6-16(14)24(29,30)31)15-5-10-12(22(41)43-20(10)39)7-17(15)25(32,33)34/h1-7H. The normalized spacial score (nSPS) is 15.4. The molecule has 5 rings (SSSR count). The number of carbonyl (C=O) groups excluding carboxylic acids is 4. The van der Waals surface area contributed by atoms with E-state index in [-0.39, 0.29) is 42.5 Å². The Hall–Kier alpha value is -4.83. The fourth-order valence-corrected chi connectivity index (χ4v) is 5.04. The van der Waals surface area contributed by atoms with Gasteiger partial charge in [0.05, 0.1) is 33.4 Å². The van der Waals surface area contributed by atoms with Crippen molar-refractivity contribution in [1.29, 1.82) is 0 Å². The van der Waals surface area contributed by atoms with Gasteiger partial charge in [-0.3, -0.25) is 0 Å². The Labute approximate surface area is 229 Å². The monoisotopic (exact) mass is 624 g/mol. The van der Waals surface area contributed by atoms with Gasteiger partial charge in [-0.1, -0.05) is 6.07 Å². The number of rotatable bonds is 3. The first kappa shape index (κ1) is 29.7. The van der Waals surface area contributed by atoms with Crippen LogP contribution < -0.4 is 0 Å². The third-order valence-electron chi connectivity index (χ3n) is 6.74. The molecule has 0 unspecified atom stereocenters. The number of alkyl halides is 9. The summed E-state index contributed by atoms with van der Waals surface area (Å²) in [7, 11) is 0. The summed E-state index contributed by atoms with van der Waals surface area (Å²) in [6, 6.07) is -1.29. The maximum absolute atomic E-state index is 15.5. The first-order valence-electron chi connectivity index (χ1n) is 11.3. The molecule has 0 amide bonds. The molecule has 6 nitrogen and oxygen atoms in total. The Morgan fingerprint density at radius 1 is 0.465 bits per heavy atom. The van der Waals surface area contributed by atoms with E-state index >= 15 is 17.6 Å². The molecule has 2 aliphatic rings. The third-order valence-corrected chi connectivity index (χ3v) is 6.74. The zero-order valence-corrected chi connectivity index (χ0v) is 20.1. The molecule has 0 saturated heterocycles. The molecule has 0 bridgehead atoms. The van der Waals surface area contributed by atoms with Crippen molar-refractivity contribution < 1.29 is 76.9 Å². The van der Waals surface area contributed by atoms with Crippen LogP contribution in [0.25, 0.3) is 0 Å². The van der Waals surface area contributed by atoms with Crippen LogP contribution in [0.3, 0.4) is 0 Å². The minimum atomic E-state index is -6.44. The Morgan fingerprint density at radius 2 is 0.814 bits per heavy atom. The van der Waals surface area contributed by atoms with Crippen molar-refractivity contribution in [2.24, 2.45) is 0 Å². The lowest BCUT2D eigenvalue weighted by molar-refractivity contribution is -0.174. The highest BCUT2D eigenvalue weighted by molar-refractivity contribution is 6.16. The van der Waals surface area contributed by atoms with E-state index in [9.17, 15) is 49.9 Å². The van der Waals surface area contributed by atoms with Gasteiger partial charge < -0.3 is 9.47 Å². The minimum Gasteiger partial charge on any atom is -0.386 e. The second kappa shape index (κ2) is 9.08. The lowest BCUT2D eigenvalue weighted by Gasteiger charge is -2.40. The zero-order chi connectivity index (χ0) is 32.0. The van der Waals surface area contributed by atoms with E-state index in [0.717, 1.165) is 0 Å². The van der Waals surface area contributed by atoms with Crippen molar-refractivity contribution in [3.05, 3.63) is 104 Å². The number of carbonyl (C=O) groups is 4. The van der Waals surface area contributed by atoms with Crippen LogP contribution in [0.2, 0.25) is 0 Å². The lowest BCUT2D eigenvalue weighted by Crippen LogP contribution is -2.48. The third kappa shape index (κ3) is 4.32. The van der Waals surface area contributed by atoms with Gasteiger partial charge in [0.15, 0.2) is 0 Å². The molecule has 0 radical (unpaired) electrons. The molecule has 224 valence electrons. The van der Waals surface area contributed by atoms with Crippen molar-refractivity contribution in [1.82, 2.24) is 0 Å². The SMILES string of the molecule is O=C1OC(=O)c2cc(C(c3ccc(F)cc3F)(c3cc4c(cc3C(F)(F)F)C(=O)OC4=O)C(F)(F)F)c(C(F)(F)F)cc21. The fourth-order valence-electron chi connectivity index (χ4n) is 5.04. The molecule has 0 spiro atoms. The second-order valence-corrected chi connectivity index (χ2v) is 9.11. The summed E-state index contributed by atoms with van der Waals surface area (Å²) in [4.78, 5) is 48.3. The number of ether oxygens (including phenoxy) is 2. The van der Waals surface area contributed by atoms with Crippen LogP contribution in [0, 0.1) is 11.6 Å². The summed E-state index contributed by atoms with van der Waals surface area (Å²) in [6.07, 6.45) is -18.3. The topological polar surface area (TPSA) is 86.7 Å². The van der Waals surface area contributed by atoms with Gasteiger partial charge >= 0.3 is 42.4 Å². The van der Waals surface area contributed by atoms with E-state index in [1.165, 1.54) is 0 Å². The van der Waals surface area contributed by atoms with Crippen molar-refractivity contribution in [2.45, 2.75) is 23.9 Å². The summed E-state index contributed by atoms with van der Waals surface area (Å²) >= 11 is 0. The molecule has 2 aliphatic heterocycles. The maximum atomic E-state index is 15.5. The molecule has 0 atom stereocenters. The van der Waals surface area contributed by atoms with Crippen LogP contribution in [-0.4, -0.2) is 30.1 Å². The summed E-state index contributed by atoms with van der Waals surface area (Å²) in [5.41, 5.74) is -21.4. The number of esters is 4. The van der Waals surface area contributed by atoms with Crippen LogP contribution in [0.4, 0.5) is 48.3 Å². The molecule has 2 heterocycles. The molecular weight excluding hydrogens is 617 g/mol. The van der Waals surface area contributed by atoms with Crippen molar-refractivity contribution >= 4 is 23.9 Å². The largest absolute Gasteiger partial charge is 0.416 e. The number of hydrogen-bond acceptors (Lipinski definition) is 6. The van der Waals surface area contributed by atoms with Gasteiger partial charge in [-0.25, -0.2) is 28.0 Å². The first-order chi connectivity index (χ1) is 19.7. The zero-order valence-electron chi connectivity index (χ0n) is 20.1. The van der Waals surface area contributed by atoms with E-state index in [1.54, 1.807) is 0 Å². The van der Waals surface area contributed by atoms with Crippen molar-refractivity contribution in [3.63, 3.8) is 0 Å². The molecule has 0 fully saturated rings. The van der Waals surface area contributed by atoms with E-state index in [4.69, 9.17) is 0 Å². The minimum absolute atomic E-state index is 0.0775. The molecule has 17 heteroatoms. The maximum Gasteiger partial charge on any atom is 0.416 e. The molecule has 0 saturated carbocycles. The first-order valence-corrected chi connectivity index (χ1v) is 11.3. The van der Waals surface area contributed by atoms with Gasteiger partial charge in [0, 0.05) is 11.6 Å². The van der Waals surface area contributed by atoms with Crippen LogP contribution >= 0.6 is 0 Å². The molecule has 0 aliphatic carbocycles. The van der Waals surface area contributed by atoms with Crippen LogP contribution in [0.5, 0.6) is 0 Å². The van der Waals surface area contributed by atoms with E-state index < -0.39 is 110 Å². The Bertz CT molecular complexity index is 1690. The molecule has 0 N–H and O–H groups in total. The predicted octanol–water partition coefficient (Wildman–Crippen LogP) is 6.52. The Morgan fingerprint density at radius 3 is 1.12 bits per heavy atom. The number of cyclic esters (lactones) is 4. The highest BCUT2D eigenvalue weighted by Gasteiger charge is 2.64. The van der Waals surface area contributed by atoms with E-state index in [1.807, 2.05) is 0 Å². The molecule has 43 heavy (non-hydrogen) atoms. The number of fused-ring (bicyclic) bond motifs is 2. The van der Waals surface area contributed by atoms with Crippen LogP contribution in [0.1, 0.15) is 69.2 Å². The molecule has 0 aromatic heterocycles. The quantitative estimate of drug-likeness (QED) is 0.143. The fraction of sp³-hybridized carbons (Fsp3) is 0.154. The Balaban J connectivity index is 2.11. The second-order valence-electron chi connectivity index (χ2n) is 9.11. The number of benzene rings is 3. The average Bonchev–Trinajstić information content (AvgIpc) is 3.30. The van der Waals surface area contributed by atoms with Crippen molar-refractivity contribution in [2.75, 3.05) is 0 Å². The van der Waals surface area contributed by atoms with Gasteiger partial charge in [-0.2, -0.15) is 39.5 Å². The van der Waals surface area contributed by atoms with Gasteiger partial charge in [0.2, 0.25) is 0 Å². The number of halogens is 11. The average molecular weight is 624 g/mol. The summed E-state index contributed by atoms with van der Waals surface area (Å²) in [5, 5.41) is 0. The van der Waals surface area contributed by atoms with Crippen LogP contribution in [-0.2, 0) is 27.2 Å². The van der Waals surface area contributed by atoms with Gasteiger partial charge in [0.1, 0.15) is 17.0 Å². The smallest absolute Gasteiger partial charge is 0.386 e. The highest BCUT2D eigenvalue weighted by Crippen LogP contribution is 2.58. The van der Waals surface area contributed by atoms with Gasteiger partial charge in [-0.05, 0) is 41.5 Å². The molecule has 3 aromatic rings.